The number of ether oxygens (including phenoxy) is 4. The first-order chi connectivity index (χ1) is 43.6. The second-order valence-corrected chi connectivity index (χ2v) is 27.1. The van der Waals surface area contributed by atoms with Crippen molar-refractivity contribution >= 4 is 5.91 Å². The maximum absolute atomic E-state index is 13.3. The molecule has 0 saturated carbocycles. The Bertz CT molecular complexity index is 1590. The zero-order chi connectivity index (χ0) is 64.5. The summed E-state index contributed by atoms with van der Waals surface area (Å²) in [7, 11) is 0. The highest BCUT2D eigenvalue weighted by Crippen LogP contribution is 2.30. The minimum atomic E-state index is -1.79. The number of unbranched alkanes of at least 4 members (excludes halogenated alkanes) is 49. The maximum Gasteiger partial charge on any atom is 0.220 e. The van der Waals surface area contributed by atoms with E-state index < -0.39 is 86.8 Å². The van der Waals surface area contributed by atoms with Crippen LogP contribution in [0.15, 0.2) is 24.3 Å². The van der Waals surface area contributed by atoms with Gasteiger partial charge in [0.1, 0.15) is 48.8 Å². The van der Waals surface area contributed by atoms with Crippen molar-refractivity contribution in [2.75, 3.05) is 19.8 Å². The molecule has 2 rings (SSSR count). The predicted octanol–water partition coefficient (Wildman–Crippen LogP) is 16.3. The Morgan fingerprint density at radius 3 is 1.10 bits per heavy atom. The summed E-state index contributed by atoms with van der Waals surface area (Å²) in [5.74, 6) is -0.243. The van der Waals surface area contributed by atoms with Gasteiger partial charge in [0.15, 0.2) is 12.6 Å². The van der Waals surface area contributed by atoms with Gasteiger partial charge in [-0.25, -0.2) is 0 Å². The summed E-state index contributed by atoms with van der Waals surface area (Å²) in [5, 5.41) is 87.3. The molecule has 12 unspecified atom stereocenters. The summed E-state index contributed by atoms with van der Waals surface area (Å²) >= 11 is 0. The molecule has 0 aromatic rings. The summed E-state index contributed by atoms with van der Waals surface area (Å²) in [5.41, 5.74) is 0. The van der Waals surface area contributed by atoms with E-state index in [9.17, 15) is 45.6 Å². The van der Waals surface area contributed by atoms with E-state index in [1.54, 1.807) is 6.08 Å². The van der Waals surface area contributed by atoms with Gasteiger partial charge in [-0.15, -0.1) is 0 Å². The van der Waals surface area contributed by atoms with Crippen molar-refractivity contribution in [1.29, 1.82) is 0 Å². The molecule has 2 saturated heterocycles. The van der Waals surface area contributed by atoms with Crippen LogP contribution in [0.25, 0.3) is 0 Å². The molecule has 0 bridgehead atoms. The molecule has 526 valence electrons. The Labute approximate surface area is 545 Å². The Hall–Kier alpha value is -1.53. The number of amides is 1. The number of hydrogen-bond donors (Lipinski definition) is 9. The van der Waals surface area contributed by atoms with E-state index in [2.05, 4.69) is 31.3 Å². The fourth-order valence-corrected chi connectivity index (χ4v) is 12.8. The van der Waals surface area contributed by atoms with Crippen LogP contribution in [-0.4, -0.2) is 140 Å². The third-order valence-electron chi connectivity index (χ3n) is 18.9. The van der Waals surface area contributed by atoms with Gasteiger partial charge in [0.2, 0.25) is 5.91 Å². The van der Waals surface area contributed by atoms with Crippen molar-refractivity contribution in [1.82, 2.24) is 5.32 Å². The average Bonchev–Trinajstić information content (AvgIpc) is 3.06. The third kappa shape index (κ3) is 44.0. The number of nitrogens with one attached hydrogen (secondary N) is 1. The van der Waals surface area contributed by atoms with Gasteiger partial charge in [0.25, 0.3) is 0 Å². The summed E-state index contributed by atoms with van der Waals surface area (Å²) in [6.45, 7) is 2.81. The minimum Gasteiger partial charge on any atom is -0.394 e. The SMILES string of the molecule is CCCCCCCCCC/C=C/CC/C=C/C(O)C(COC1OC(CO)C(OC2OC(CO)C(O)C(O)C2O)C(O)C1O)NC(=O)CCCCCCCCCCCCCCCCCCCCCCCCCCCCCCCCCCCCCCCCCCC. The van der Waals surface area contributed by atoms with Crippen molar-refractivity contribution in [3.8, 4) is 0 Å². The lowest BCUT2D eigenvalue weighted by Crippen LogP contribution is -2.65. The van der Waals surface area contributed by atoms with Crippen molar-refractivity contribution in [2.24, 2.45) is 0 Å². The minimum absolute atomic E-state index is 0.243. The third-order valence-corrected chi connectivity index (χ3v) is 18.9. The topological polar surface area (TPSA) is 228 Å². The summed E-state index contributed by atoms with van der Waals surface area (Å²) in [6.07, 6.45) is 60.1. The van der Waals surface area contributed by atoms with Crippen LogP contribution in [0.5, 0.6) is 0 Å². The number of aliphatic hydroxyl groups excluding tert-OH is 8. The van der Waals surface area contributed by atoms with E-state index in [0.29, 0.717) is 12.8 Å². The molecule has 89 heavy (non-hydrogen) atoms. The van der Waals surface area contributed by atoms with E-state index in [1.807, 2.05) is 6.08 Å². The van der Waals surface area contributed by atoms with Crippen LogP contribution >= 0.6 is 0 Å². The Balaban J connectivity index is 1.52. The molecule has 2 fully saturated rings. The summed E-state index contributed by atoms with van der Waals surface area (Å²) < 4.78 is 22.8. The number of hydrogen-bond acceptors (Lipinski definition) is 13. The molecular weight excluding hydrogens is 1120 g/mol. The van der Waals surface area contributed by atoms with Crippen LogP contribution in [-0.2, 0) is 23.7 Å². The van der Waals surface area contributed by atoms with Gasteiger partial charge in [0.05, 0.1) is 32.0 Å². The first-order valence-corrected chi connectivity index (χ1v) is 38.1. The van der Waals surface area contributed by atoms with E-state index >= 15 is 0 Å². The number of rotatable bonds is 64. The van der Waals surface area contributed by atoms with Gasteiger partial charge in [-0.3, -0.25) is 4.79 Å². The monoisotopic (exact) mass is 1270 g/mol. The lowest BCUT2D eigenvalue weighted by molar-refractivity contribution is -0.359. The van der Waals surface area contributed by atoms with Crippen LogP contribution in [0, 0.1) is 0 Å². The Morgan fingerprint density at radius 1 is 0.393 bits per heavy atom. The number of allylic oxidation sites excluding steroid dienone is 3. The van der Waals surface area contributed by atoms with Crippen LogP contribution in [0.2, 0.25) is 0 Å². The fraction of sp³-hybridized carbons (Fsp3) is 0.933. The average molecular weight is 1270 g/mol. The molecular formula is C75H143NO13. The molecule has 0 aliphatic carbocycles. The molecule has 1 amide bonds. The van der Waals surface area contributed by atoms with Crippen LogP contribution in [0.1, 0.15) is 354 Å². The first-order valence-electron chi connectivity index (χ1n) is 38.1. The van der Waals surface area contributed by atoms with Crippen LogP contribution < -0.4 is 5.32 Å². The zero-order valence-corrected chi connectivity index (χ0v) is 57.5. The molecule has 9 N–H and O–H groups in total. The van der Waals surface area contributed by atoms with Crippen molar-refractivity contribution in [3.63, 3.8) is 0 Å². The van der Waals surface area contributed by atoms with Gasteiger partial charge < -0.3 is 65.1 Å². The van der Waals surface area contributed by atoms with Crippen LogP contribution in [0.3, 0.4) is 0 Å². The summed E-state index contributed by atoms with van der Waals surface area (Å²) in [4.78, 5) is 13.3. The van der Waals surface area contributed by atoms with Crippen molar-refractivity contribution in [2.45, 2.75) is 428 Å². The molecule has 0 radical (unpaired) electrons. The lowest BCUT2D eigenvalue weighted by atomic mass is 9.97. The van der Waals surface area contributed by atoms with Gasteiger partial charge >= 0.3 is 0 Å². The van der Waals surface area contributed by atoms with Gasteiger partial charge in [-0.2, -0.15) is 0 Å². The molecule has 14 heteroatoms. The molecule has 2 aliphatic rings. The number of carbonyl (C=O) groups excluding carboxylic acids is 1. The van der Waals surface area contributed by atoms with E-state index in [4.69, 9.17) is 18.9 Å². The Morgan fingerprint density at radius 2 is 0.719 bits per heavy atom. The fourth-order valence-electron chi connectivity index (χ4n) is 12.8. The highest BCUT2D eigenvalue weighted by atomic mass is 16.7. The number of carbonyl (C=O) groups is 1. The molecule has 0 aromatic heterocycles. The predicted molar refractivity (Wildman–Crippen MR) is 365 cm³/mol. The second kappa shape index (κ2) is 60.2. The van der Waals surface area contributed by atoms with Gasteiger partial charge in [-0.05, 0) is 32.1 Å². The van der Waals surface area contributed by atoms with Gasteiger partial charge in [-0.1, -0.05) is 340 Å². The largest absolute Gasteiger partial charge is 0.394 e. The lowest BCUT2D eigenvalue weighted by Gasteiger charge is -2.46. The quantitative estimate of drug-likeness (QED) is 0.0204. The molecule has 0 spiro atoms. The molecule has 14 nitrogen and oxygen atoms in total. The highest BCUT2D eigenvalue weighted by molar-refractivity contribution is 5.76. The van der Waals surface area contributed by atoms with E-state index in [0.717, 1.165) is 32.1 Å². The smallest absolute Gasteiger partial charge is 0.220 e. The molecule has 12 atom stereocenters. The van der Waals surface area contributed by atoms with Crippen molar-refractivity contribution < 1.29 is 64.6 Å². The van der Waals surface area contributed by atoms with E-state index in [1.165, 1.54) is 289 Å². The van der Waals surface area contributed by atoms with Crippen LogP contribution in [0.4, 0.5) is 0 Å². The number of aliphatic hydroxyl groups is 8. The highest BCUT2D eigenvalue weighted by Gasteiger charge is 2.51. The zero-order valence-electron chi connectivity index (χ0n) is 57.5. The van der Waals surface area contributed by atoms with Crippen molar-refractivity contribution in [3.05, 3.63) is 24.3 Å². The molecule has 2 aliphatic heterocycles. The first kappa shape index (κ1) is 83.6. The summed E-state index contributed by atoms with van der Waals surface area (Å²) in [6, 6.07) is -0.928. The molecule has 0 aromatic carbocycles. The van der Waals surface area contributed by atoms with Gasteiger partial charge in [0, 0.05) is 6.42 Å². The Kier molecular flexibility index (Phi) is 56.5. The maximum atomic E-state index is 13.3. The molecule has 2 heterocycles. The van der Waals surface area contributed by atoms with E-state index in [-0.39, 0.29) is 18.9 Å². The normalized spacial score (nSPS) is 23.1. The standard InChI is InChI=1S/C75H143NO13/c1-3-5-7-9-11-13-15-17-19-20-21-22-23-24-25-26-27-28-29-30-31-32-33-34-35-36-37-38-39-40-41-42-43-44-45-47-49-51-53-55-57-59-67(80)76-63(64(79)58-56-54-52-50-48-46-18-16-14-12-10-8-6-4-2)62-86-74-72(85)70(83)73(66(61-78)88-74)89-75-71(84)69(82)68(81)65(60-77)87-75/h48,50,56,58,63-66,68-75,77-79,81-85H,3-47,49,51-55,57,59-62H2,1-2H3,(H,76,80)/b50-48+,58-56+. The second-order valence-electron chi connectivity index (χ2n) is 27.1.